The minimum atomic E-state index is -4.60. The predicted molar refractivity (Wildman–Crippen MR) is 115 cm³/mol. The first-order valence-electron chi connectivity index (χ1n) is 10.8. The zero-order valence-electron chi connectivity index (χ0n) is 17.8. The molecule has 0 heterocycles. The summed E-state index contributed by atoms with van der Waals surface area (Å²) in [6.07, 6.45) is 19.7. The Kier molecular flexibility index (Phi) is 19.1. The van der Waals surface area contributed by atoms with Gasteiger partial charge in [0, 0.05) is 0 Å². The van der Waals surface area contributed by atoms with Crippen LogP contribution in [0.15, 0.2) is 24.3 Å². The number of hydrogen-bond donors (Lipinski definition) is 4. The predicted octanol–water partition coefficient (Wildman–Crippen LogP) is 4.61. The van der Waals surface area contributed by atoms with Gasteiger partial charge >= 0.3 is 7.82 Å². The summed E-state index contributed by atoms with van der Waals surface area (Å²) in [4.78, 5) is 17.1. The van der Waals surface area contributed by atoms with Gasteiger partial charge in [0.15, 0.2) is 6.29 Å². The fraction of sp³-hybridized carbons (Fsp3) is 0.810. The fourth-order valence-corrected chi connectivity index (χ4v) is 3.03. The van der Waals surface area contributed by atoms with Crippen LogP contribution in [0.1, 0.15) is 84.0 Å². The lowest BCUT2D eigenvalue weighted by molar-refractivity contribution is -0.129. The van der Waals surface area contributed by atoms with E-state index in [0.29, 0.717) is 6.42 Å². The van der Waals surface area contributed by atoms with Crippen LogP contribution in [-0.2, 0) is 13.8 Å². The molecular formula is C21H41O7P. The van der Waals surface area contributed by atoms with Gasteiger partial charge in [0.1, 0.15) is 6.10 Å². The summed E-state index contributed by atoms with van der Waals surface area (Å²) in [6, 6.07) is 0. The average molecular weight is 437 g/mol. The van der Waals surface area contributed by atoms with E-state index >= 15 is 0 Å². The first-order chi connectivity index (χ1) is 13.8. The number of ether oxygens (including phenoxy) is 1. The van der Waals surface area contributed by atoms with E-state index in [1.54, 1.807) is 0 Å². The van der Waals surface area contributed by atoms with Gasteiger partial charge in [-0.25, -0.2) is 4.57 Å². The van der Waals surface area contributed by atoms with Crippen molar-refractivity contribution in [1.82, 2.24) is 0 Å². The van der Waals surface area contributed by atoms with Crippen molar-refractivity contribution in [3.63, 3.8) is 0 Å². The van der Waals surface area contributed by atoms with Gasteiger partial charge in [-0.2, -0.15) is 0 Å². The second kappa shape index (κ2) is 19.4. The molecule has 172 valence electrons. The molecule has 0 amide bonds. The summed E-state index contributed by atoms with van der Waals surface area (Å²) in [5.41, 5.74) is 0. The third kappa shape index (κ3) is 23.6. The maximum absolute atomic E-state index is 10.5. The minimum absolute atomic E-state index is 0.235. The van der Waals surface area contributed by atoms with Crippen LogP contribution in [0.3, 0.4) is 0 Å². The maximum atomic E-state index is 10.5. The molecule has 2 atom stereocenters. The summed E-state index contributed by atoms with van der Waals surface area (Å²) < 4.78 is 19.7. The Bertz CT molecular complexity index is 462. The molecule has 0 saturated carbocycles. The van der Waals surface area contributed by atoms with E-state index in [9.17, 15) is 14.8 Å². The molecule has 0 aromatic carbocycles. The molecule has 7 nitrogen and oxygen atoms in total. The monoisotopic (exact) mass is 436 g/mol. The van der Waals surface area contributed by atoms with Crippen molar-refractivity contribution in [3.8, 4) is 0 Å². The van der Waals surface area contributed by atoms with Gasteiger partial charge in [0.25, 0.3) is 0 Å². The summed E-state index contributed by atoms with van der Waals surface area (Å²) in [5.74, 6) is 0. The van der Waals surface area contributed by atoms with Gasteiger partial charge in [-0.1, -0.05) is 63.3 Å². The number of unbranched alkanes of at least 4 members (excludes halogenated alkanes) is 8. The van der Waals surface area contributed by atoms with Crippen LogP contribution in [0.4, 0.5) is 0 Å². The van der Waals surface area contributed by atoms with Crippen molar-refractivity contribution >= 4 is 7.82 Å². The van der Waals surface area contributed by atoms with Crippen molar-refractivity contribution in [2.45, 2.75) is 96.4 Å². The van der Waals surface area contributed by atoms with Crippen molar-refractivity contribution in [2.75, 3.05) is 13.2 Å². The van der Waals surface area contributed by atoms with E-state index in [1.165, 1.54) is 32.1 Å². The zero-order chi connectivity index (χ0) is 21.8. The molecule has 8 heteroatoms. The van der Waals surface area contributed by atoms with Crippen LogP contribution >= 0.6 is 7.82 Å². The molecule has 0 fully saturated rings. The standard InChI is InChI=1S/C21H41O7P/c1-2-3-4-5-6-7-8-9-10-11-12-13-14-15-16-17-21(23)27-18-20(22)19-28-29(24,25)26/h6-7,9-10,20-23H,2-5,8,11-19H2,1H3,(H2,24,25,26)/b7-6-,10-9-/t20?,21-/m0/s1. The van der Waals surface area contributed by atoms with E-state index in [2.05, 4.69) is 35.8 Å². The van der Waals surface area contributed by atoms with Crippen molar-refractivity contribution in [3.05, 3.63) is 24.3 Å². The van der Waals surface area contributed by atoms with E-state index in [0.717, 1.165) is 38.5 Å². The van der Waals surface area contributed by atoms with Gasteiger partial charge in [-0.05, 0) is 44.9 Å². The first-order valence-corrected chi connectivity index (χ1v) is 12.4. The summed E-state index contributed by atoms with van der Waals surface area (Å²) in [7, 11) is -4.60. The van der Waals surface area contributed by atoms with Crippen molar-refractivity contribution in [1.29, 1.82) is 0 Å². The number of phosphoric ester groups is 1. The molecule has 0 spiro atoms. The number of rotatable bonds is 20. The highest BCUT2D eigenvalue weighted by atomic mass is 31.2. The molecule has 0 aromatic heterocycles. The first kappa shape index (κ1) is 28.5. The highest BCUT2D eigenvalue weighted by Gasteiger charge is 2.17. The molecule has 0 aliphatic carbocycles. The zero-order valence-corrected chi connectivity index (χ0v) is 18.7. The van der Waals surface area contributed by atoms with Crippen LogP contribution in [0, 0.1) is 0 Å². The van der Waals surface area contributed by atoms with E-state index in [-0.39, 0.29) is 6.61 Å². The van der Waals surface area contributed by atoms with Crippen LogP contribution in [0.25, 0.3) is 0 Å². The molecular weight excluding hydrogens is 395 g/mol. The van der Waals surface area contributed by atoms with Gasteiger partial charge in [-0.15, -0.1) is 0 Å². The SMILES string of the molecule is CCCCC/C=C\C/C=C\CCCCCCC[C@@H](O)OCC(O)COP(=O)(O)O. The topological polar surface area (TPSA) is 116 Å². The van der Waals surface area contributed by atoms with Gasteiger partial charge < -0.3 is 24.7 Å². The van der Waals surface area contributed by atoms with Crippen LogP contribution in [0.5, 0.6) is 0 Å². The number of aliphatic hydroxyl groups is 2. The Labute approximate surface area is 176 Å². The Morgan fingerprint density at radius 2 is 1.41 bits per heavy atom. The van der Waals surface area contributed by atoms with Gasteiger partial charge in [-0.3, -0.25) is 4.52 Å². The highest BCUT2D eigenvalue weighted by Crippen LogP contribution is 2.35. The van der Waals surface area contributed by atoms with Crippen LogP contribution in [0.2, 0.25) is 0 Å². The number of aliphatic hydroxyl groups excluding tert-OH is 2. The highest BCUT2D eigenvalue weighted by molar-refractivity contribution is 7.46. The smallest absolute Gasteiger partial charge is 0.388 e. The summed E-state index contributed by atoms with van der Waals surface area (Å²) in [6.45, 7) is 1.44. The lowest BCUT2D eigenvalue weighted by atomic mass is 10.1. The number of hydrogen-bond acceptors (Lipinski definition) is 5. The Morgan fingerprint density at radius 1 is 0.828 bits per heavy atom. The second-order valence-corrected chi connectivity index (χ2v) is 8.49. The lowest BCUT2D eigenvalue weighted by Crippen LogP contribution is -2.25. The Morgan fingerprint density at radius 3 is 2.03 bits per heavy atom. The lowest BCUT2D eigenvalue weighted by Gasteiger charge is -2.15. The molecule has 0 aliphatic rings. The Balaban J connectivity index is 3.43. The molecule has 0 aliphatic heterocycles. The van der Waals surface area contributed by atoms with E-state index in [1.807, 2.05) is 0 Å². The van der Waals surface area contributed by atoms with E-state index < -0.39 is 26.8 Å². The number of phosphoric acid groups is 1. The van der Waals surface area contributed by atoms with Crippen molar-refractivity contribution in [2.24, 2.45) is 0 Å². The molecule has 0 radical (unpaired) electrons. The van der Waals surface area contributed by atoms with E-state index in [4.69, 9.17) is 14.5 Å². The quantitative estimate of drug-likeness (QED) is 0.0953. The molecule has 4 N–H and O–H groups in total. The minimum Gasteiger partial charge on any atom is -0.388 e. The van der Waals surface area contributed by atoms with Gasteiger partial charge in [0.05, 0.1) is 13.2 Å². The summed E-state index contributed by atoms with van der Waals surface area (Å²) in [5, 5.41) is 19.1. The van der Waals surface area contributed by atoms with Gasteiger partial charge in [0.2, 0.25) is 0 Å². The average Bonchev–Trinajstić information content (AvgIpc) is 2.67. The van der Waals surface area contributed by atoms with Crippen LogP contribution in [-0.4, -0.2) is 45.6 Å². The third-order valence-electron chi connectivity index (χ3n) is 4.32. The maximum Gasteiger partial charge on any atom is 0.469 e. The molecule has 0 aromatic rings. The molecule has 0 rings (SSSR count). The van der Waals surface area contributed by atoms with Crippen LogP contribution < -0.4 is 0 Å². The third-order valence-corrected chi connectivity index (χ3v) is 4.80. The summed E-state index contributed by atoms with van der Waals surface area (Å²) >= 11 is 0. The molecule has 0 bridgehead atoms. The largest absolute Gasteiger partial charge is 0.469 e. The Hall–Kier alpha value is -0.530. The normalized spacial score (nSPS) is 14.8. The fourth-order valence-electron chi connectivity index (χ4n) is 2.67. The molecule has 29 heavy (non-hydrogen) atoms. The molecule has 0 saturated heterocycles. The number of allylic oxidation sites excluding steroid dienone is 4. The molecule has 1 unspecified atom stereocenters. The second-order valence-electron chi connectivity index (χ2n) is 7.25. The van der Waals surface area contributed by atoms with Crippen molar-refractivity contribution < 1.29 is 33.8 Å².